The van der Waals surface area contributed by atoms with Crippen LogP contribution in [0.15, 0.2) is 71.5 Å². The van der Waals surface area contributed by atoms with E-state index in [1.54, 1.807) is 12.1 Å². The minimum Gasteiger partial charge on any atom is -0.387 e. The number of nitrogens with one attached hydrogen (secondary N) is 1. The molecule has 2 N–H and O–H groups in total. The van der Waals surface area contributed by atoms with Gasteiger partial charge >= 0.3 is 0 Å². The summed E-state index contributed by atoms with van der Waals surface area (Å²) in [6.07, 6.45) is -0.686. The minimum absolute atomic E-state index is 0.130. The van der Waals surface area contributed by atoms with E-state index in [0.29, 0.717) is 21.7 Å². The highest BCUT2D eigenvalue weighted by Gasteiger charge is 2.18. The third-order valence-corrected chi connectivity index (χ3v) is 6.21. The Morgan fingerprint density at radius 1 is 1.10 bits per heavy atom. The van der Waals surface area contributed by atoms with Crippen LogP contribution in [-0.2, 0) is 0 Å². The molecule has 5 aromatic rings. The van der Waals surface area contributed by atoms with E-state index < -0.39 is 6.10 Å². The Hall–Kier alpha value is -3.73. The second-order valence-electron chi connectivity index (χ2n) is 6.90. The van der Waals surface area contributed by atoms with Crippen molar-refractivity contribution < 1.29 is 5.11 Å². The summed E-state index contributed by atoms with van der Waals surface area (Å²) in [5.41, 5.74) is 2.01. The molecule has 1 atom stereocenters. The van der Waals surface area contributed by atoms with E-state index in [9.17, 15) is 15.2 Å². The molecule has 30 heavy (non-hydrogen) atoms. The Bertz CT molecular complexity index is 1500. The highest BCUT2D eigenvalue weighted by molar-refractivity contribution is 7.24. The average Bonchev–Trinajstić information content (AvgIpc) is 3.17. The number of pyridine rings is 2. The lowest BCUT2D eigenvalue weighted by Gasteiger charge is -2.13. The quantitative estimate of drug-likeness (QED) is 0.464. The second kappa shape index (κ2) is 7.26. The van der Waals surface area contributed by atoms with E-state index in [2.05, 4.69) is 16.4 Å². The minimum atomic E-state index is -0.686. The lowest BCUT2D eigenvalue weighted by Crippen LogP contribution is -2.15. The first kappa shape index (κ1) is 18.3. The maximum atomic E-state index is 12.9. The summed E-state index contributed by atoms with van der Waals surface area (Å²) in [6.45, 7) is 0.279. The SMILES string of the molecule is N#Cc1c(=O)c2ccc(NCC(O)c3ccccc3)nc2n2c1sc1ccccc12. The fourth-order valence-electron chi connectivity index (χ4n) is 3.58. The lowest BCUT2D eigenvalue weighted by atomic mass is 10.1. The predicted molar refractivity (Wildman–Crippen MR) is 119 cm³/mol. The van der Waals surface area contributed by atoms with Crippen molar-refractivity contribution in [2.45, 2.75) is 6.10 Å². The monoisotopic (exact) mass is 412 g/mol. The van der Waals surface area contributed by atoms with Crippen molar-refractivity contribution >= 4 is 43.2 Å². The standard InChI is InChI=1S/C23H16N4O2S/c24-12-16-21(29)15-10-11-20(25-13-18(28)14-6-2-1-3-7-14)26-22(15)27-17-8-4-5-9-19(17)30-23(16)27/h1-11,18,28H,13H2,(H,25,26). The van der Waals surface area contributed by atoms with Gasteiger partial charge in [-0.25, -0.2) is 4.98 Å². The fourth-order valence-corrected chi connectivity index (χ4v) is 4.72. The van der Waals surface area contributed by atoms with Gasteiger partial charge in [0.2, 0.25) is 5.43 Å². The van der Waals surface area contributed by atoms with E-state index in [4.69, 9.17) is 0 Å². The van der Waals surface area contributed by atoms with Gasteiger partial charge in [0.25, 0.3) is 0 Å². The van der Waals surface area contributed by atoms with Crippen LogP contribution in [0, 0.1) is 11.3 Å². The zero-order chi connectivity index (χ0) is 20.7. The molecule has 1 unspecified atom stereocenters. The number of anilines is 1. The number of aromatic nitrogens is 2. The Balaban J connectivity index is 1.64. The third kappa shape index (κ3) is 2.90. The predicted octanol–water partition coefficient (Wildman–Crippen LogP) is 4.08. The van der Waals surface area contributed by atoms with Gasteiger partial charge in [-0.2, -0.15) is 5.26 Å². The van der Waals surface area contributed by atoms with E-state index in [1.807, 2.05) is 59.0 Å². The van der Waals surface area contributed by atoms with Crippen LogP contribution in [0.5, 0.6) is 0 Å². The van der Waals surface area contributed by atoms with Crippen molar-refractivity contribution in [3.05, 3.63) is 88.1 Å². The first-order valence-corrected chi connectivity index (χ1v) is 10.2. The van der Waals surface area contributed by atoms with Crippen molar-refractivity contribution in [3.63, 3.8) is 0 Å². The van der Waals surface area contributed by atoms with Crippen LogP contribution < -0.4 is 10.7 Å². The van der Waals surface area contributed by atoms with E-state index in [-0.39, 0.29) is 17.5 Å². The number of thiazole rings is 1. The number of fused-ring (bicyclic) bond motifs is 5. The molecule has 146 valence electrons. The van der Waals surface area contributed by atoms with Gasteiger partial charge < -0.3 is 10.4 Å². The molecular formula is C23H16N4O2S. The molecule has 0 fully saturated rings. The summed E-state index contributed by atoms with van der Waals surface area (Å²) in [6, 6.07) is 22.6. The summed E-state index contributed by atoms with van der Waals surface area (Å²) in [5, 5.41) is 23.5. The summed E-state index contributed by atoms with van der Waals surface area (Å²) >= 11 is 1.40. The molecule has 0 aliphatic rings. The average molecular weight is 412 g/mol. The Morgan fingerprint density at radius 2 is 1.87 bits per heavy atom. The van der Waals surface area contributed by atoms with Crippen LogP contribution >= 0.6 is 11.3 Å². The highest BCUT2D eigenvalue weighted by atomic mass is 32.1. The highest BCUT2D eigenvalue weighted by Crippen LogP contribution is 2.30. The normalized spacial score (nSPS) is 12.3. The molecule has 0 bridgehead atoms. The van der Waals surface area contributed by atoms with Crippen molar-refractivity contribution in [2.75, 3.05) is 11.9 Å². The number of benzene rings is 2. The number of aliphatic hydroxyl groups excluding tert-OH is 1. The van der Waals surface area contributed by atoms with Crippen molar-refractivity contribution in [2.24, 2.45) is 0 Å². The second-order valence-corrected chi connectivity index (χ2v) is 7.93. The van der Waals surface area contributed by atoms with Crippen LogP contribution in [0.1, 0.15) is 17.2 Å². The largest absolute Gasteiger partial charge is 0.387 e. The Kier molecular flexibility index (Phi) is 4.43. The molecular weight excluding hydrogens is 396 g/mol. The number of hydrogen-bond acceptors (Lipinski definition) is 6. The van der Waals surface area contributed by atoms with Gasteiger partial charge in [0.15, 0.2) is 5.65 Å². The molecule has 2 aromatic carbocycles. The number of nitrogens with zero attached hydrogens (tertiary/aromatic N) is 3. The van der Waals surface area contributed by atoms with E-state index in [0.717, 1.165) is 15.8 Å². The maximum Gasteiger partial charge on any atom is 0.210 e. The molecule has 5 rings (SSSR count). The van der Waals surface area contributed by atoms with Gasteiger partial charge in [0.1, 0.15) is 22.3 Å². The number of aliphatic hydroxyl groups is 1. The van der Waals surface area contributed by atoms with E-state index in [1.165, 1.54) is 11.3 Å². The van der Waals surface area contributed by atoms with Crippen molar-refractivity contribution in [3.8, 4) is 6.07 Å². The third-order valence-electron chi connectivity index (χ3n) is 5.06. The molecule has 0 spiro atoms. The molecule has 0 saturated heterocycles. The molecule has 6 nitrogen and oxygen atoms in total. The molecule has 3 heterocycles. The summed E-state index contributed by atoms with van der Waals surface area (Å²) in [7, 11) is 0. The topological polar surface area (TPSA) is 90.4 Å². The number of nitriles is 1. The first-order chi connectivity index (χ1) is 14.7. The summed E-state index contributed by atoms with van der Waals surface area (Å²) in [4.78, 5) is 18.1. The number of para-hydroxylation sites is 1. The van der Waals surface area contributed by atoms with Crippen LogP contribution in [0.3, 0.4) is 0 Å². The Morgan fingerprint density at radius 3 is 2.67 bits per heavy atom. The first-order valence-electron chi connectivity index (χ1n) is 9.41. The zero-order valence-corrected chi connectivity index (χ0v) is 16.6. The number of hydrogen-bond donors (Lipinski definition) is 2. The van der Waals surface area contributed by atoms with Crippen molar-refractivity contribution in [1.82, 2.24) is 9.38 Å². The molecule has 0 saturated carbocycles. The van der Waals surface area contributed by atoms with Crippen LogP contribution in [-0.4, -0.2) is 21.0 Å². The Labute approximate surface area is 175 Å². The molecule has 0 radical (unpaired) electrons. The maximum absolute atomic E-state index is 12.9. The van der Waals surface area contributed by atoms with E-state index >= 15 is 0 Å². The van der Waals surface area contributed by atoms with Gasteiger partial charge in [-0.05, 0) is 29.8 Å². The van der Waals surface area contributed by atoms with Crippen LogP contribution in [0.4, 0.5) is 5.82 Å². The molecule has 7 heteroatoms. The molecule has 3 aromatic heterocycles. The van der Waals surface area contributed by atoms with Crippen molar-refractivity contribution in [1.29, 1.82) is 5.26 Å². The van der Waals surface area contributed by atoms with Crippen LogP contribution in [0.25, 0.3) is 26.1 Å². The van der Waals surface area contributed by atoms with Gasteiger partial charge in [-0.15, -0.1) is 11.3 Å². The van der Waals surface area contributed by atoms with Gasteiger partial charge in [-0.3, -0.25) is 9.20 Å². The lowest BCUT2D eigenvalue weighted by molar-refractivity contribution is 0.191. The molecule has 0 amide bonds. The van der Waals surface area contributed by atoms with Gasteiger partial charge in [-0.1, -0.05) is 42.5 Å². The van der Waals surface area contributed by atoms with Gasteiger partial charge in [0, 0.05) is 6.54 Å². The fraction of sp³-hybridized carbons (Fsp3) is 0.0870. The number of rotatable bonds is 4. The summed E-state index contributed by atoms with van der Waals surface area (Å²) in [5.74, 6) is 0.547. The molecule has 0 aliphatic carbocycles. The zero-order valence-electron chi connectivity index (χ0n) is 15.7. The summed E-state index contributed by atoms with van der Waals surface area (Å²) < 4.78 is 2.84. The smallest absolute Gasteiger partial charge is 0.210 e. The van der Waals surface area contributed by atoms with Gasteiger partial charge in [0.05, 0.1) is 21.7 Å². The van der Waals surface area contributed by atoms with Crippen LogP contribution in [0.2, 0.25) is 0 Å². The molecule has 0 aliphatic heterocycles.